The molecule has 0 aliphatic rings. The maximum atomic E-state index is 13.1. The van der Waals surface area contributed by atoms with Gasteiger partial charge in [-0.3, -0.25) is 4.79 Å². The maximum absolute atomic E-state index is 13.1. The summed E-state index contributed by atoms with van der Waals surface area (Å²) in [6.07, 6.45) is 0.133. The van der Waals surface area contributed by atoms with Gasteiger partial charge in [0.2, 0.25) is 15.9 Å². The zero-order valence-corrected chi connectivity index (χ0v) is 16.8. The first-order valence-corrected chi connectivity index (χ1v) is 10.6. The Morgan fingerprint density at radius 2 is 1.66 bits per heavy atom. The third-order valence-corrected chi connectivity index (χ3v) is 5.84. The van der Waals surface area contributed by atoms with Crippen molar-refractivity contribution in [3.05, 3.63) is 95.3 Å². The number of carbonyl (C=O) groups excluding carboxylic acids is 1. The highest BCUT2D eigenvalue weighted by molar-refractivity contribution is 7.89. The zero-order valence-electron chi connectivity index (χ0n) is 15.2. The van der Waals surface area contributed by atoms with Gasteiger partial charge in [0, 0.05) is 10.7 Å². The third kappa shape index (κ3) is 5.87. The minimum Gasteiger partial charge on any atom is -0.325 e. The Morgan fingerprint density at radius 3 is 2.31 bits per heavy atom. The molecule has 0 saturated carbocycles. The number of amides is 1. The number of nitrogens with one attached hydrogen (secondary N) is 2. The summed E-state index contributed by atoms with van der Waals surface area (Å²) in [5.41, 5.74) is 1.22. The molecule has 0 heterocycles. The molecule has 1 atom stereocenters. The van der Waals surface area contributed by atoms with Gasteiger partial charge in [-0.25, -0.2) is 12.8 Å². The van der Waals surface area contributed by atoms with Crippen LogP contribution in [0, 0.1) is 5.82 Å². The van der Waals surface area contributed by atoms with Gasteiger partial charge >= 0.3 is 0 Å². The lowest BCUT2D eigenvalue weighted by molar-refractivity contribution is -0.117. The predicted molar refractivity (Wildman–Crippen MR) is 111 cm³/mol. The fourth-order valence-electron chi connectivity index (χ4n) is 2.70. The molecule has 2 N–H and O–H groups in total. The van der Waals surface area contributed by atoms with Crippen LogP contribution in [0.15, 0.2) is 83.8 Å². The summed E-state index contributed by atoms with van der Waals surface area (Å²) in [6.45, 7) is 0. The topological polar surface area (TPSA) is 75.3 Å². The summed E-state index contributed by atoms with van der Waals surface area (Å²) in [7, 11) is -4.05. The van der Waals surface area contributed by atoms with Crippen molar-refractivity contribution in [1.29, 1.82) is 0 Å². The van der Waals surface area contributed by atoms with Gasteiger partial charge in [-0.05, 0) is 54.4 Å². The molecule has 8 heteroatoms. The van der Waals surface area contributed by atoms with Crippen LogP contribution in [0.5, 0.6) is 0 Å². The molecule has 0 radical (unpaired) electrons. The first-order chi connectivity index (χ1) is 13.8. The first kappa shape index (κ1) is 21.0. The fourth-order valence-corrected chi connectivity index (χ4v) is 4.09. The fraction of sp³-hybridized carbons (Fsp3) is 0.0952. The smallest absolute Gasteiger partial charge is 0.242 e. The molecule has 1 unspecified atom stereocenters. The molecule has 0 bridgehead atoms. The van der Waals surface area contributed by atoms with Crippen LogP contribution in [0.2, 0.25) is 5.02 Å². The van der Waals surface area contributed by atoms with Gasteiger partial charge < -0.3 is 5.32 Å². The van der Waals surface area contributed by atoms with E-state index >= 15 is 0 Å². The van der Waals surface area contributed by atoms with Gasteiger partial charge in [-0.2, -0.15) is 4.72 Å². The number of halogens is 2. The van der Waals surface area contributed by atoms with E-state index < -0.39 is 27.8 Å². The van der Waals surface area contributed by atoms with E-state index in [1.54, 1.807) is 48.5 Å². The summed E-state index contributed by atoms with van der Waals surface area (Å²) in [4.78, 5) is 12.7. The second kappa shape index (κ2) is 9.17. The van der Waals surface area contributed by atoms with Crippen molar-refractivity contribution in [3.63, 3.8) is 0 Å². The monoisotopic (exact) mass is 432 g/mol. The van der Waals surface area contributed by atoms with Crippen molar-refractivity contribution in [2.24, 2.45) is 0 Å². The van der Waals surface area contributed by atoms with Crippen molar-refractivity contribution >= 4 is 33.2 Å². The maximum Gasteiger partial charge on any atom is 0.242 e. The minimum absolute atomic E-state index is 0.132. The zero-order chi connectivity index (χ0) is 20.9. The van der Waals surface area contributed by atoms with Crippen LogP contribution >= 0.6 is 11.6 Å². The van der Waals surface area contributed by atoms with E-state index in [4.69, 9.17) is 11.6 Å². The summed E-state index contributed by atoms with van der Waals surface area (Å²) in [6, 6.07) is 18.9. The number of rotatable bonds is 7. The second-order valence-corrected chi connectivity index (χ2v) is 8.47. The van der Waals surface area contributed by atoms with E-state index in [1.165, 1.54) is 0 Å². The molecule has 0 aliphatic heterocycles. The molecule has 0 spiro atoms. The molecule has 0 saturated heterocycles. The molecule has 3 aromatic rings. The third-order valence-electron chi connectivity index (χ3n) is 4.11. The number of sulfonamides is 1. The van der Waals surface area contributed by atoms with Crippen LogP contribution < -0.4 is 10.0 Å². The lowest BCUT2D eigenvalue weighted by atomic mass is 10.1. The minimum atomic E-state index is -4.05. The van der Waals surface area contributed by atoms with E-state index in [1.807, 2.05) is 6.07 Å². The summed E-state index contributed by atoms with van der Waals surface area (Å²) in [5, 5.41) is 3.12. The van der Waals surface area contributed by atoms with Gasteiger partial charge in [-0.15, -0.1) is 0 Å². The van der Waals surface area contributed by atoms with Crippen LogP contribution in [-0.2, 0) is 21.2 Å². The predicted octanol–water partition coefficient (Wildman–Crippen LogP) is 4.01. The Bertz CT molecular complexity index is 1090. The van der Waals surface area contributed by atoms with Gasteiger partial charge in [0.05, 0.1) is 4.90 Å². The van der Waals surface area contributed by atoms with Crippen molar-refractivity contribution in [2.45, 2.75) is 17.4 Å². The van der Waals surface area contributed by atoms with Crippen LogP contribution in [-0.4, -0.2) is 20.4 Å². The quantitative estimate of drug-likeness (QED) is 0.592. The molecule has 5 nitrogen and oxygen atoms in total. The van der Waals surface area contributed by atoms with Gasteiger partial charge in [0.15, 0.2) is 0 Å². The lowest BCUT2D eigenvalue weighted by Crippen LogP contribution is -2.45. The summed E-state index contributed by atoms with van der Waals surface area (Å²) < 4.78 is 41.0. The molecule has 3 rings (SSSR count). The van der Waals surface area contributed by atoms with Crippen molar-refractivity contribution in [3.8, 4) is 0 Å². The van der Waals surface area contributed by atoms with Gasteiger partial charge in [0.25, 0.3) is 0 Å². The first-order valence-electron chi connectivity index (χ1n) is 8.72. The molecule has 150 valence electrons. The van der Waals surface area contributed by atoms with Crippen molar-refractivity contribution in [1.82, 2.24) is 4.72 Å². The van der Waals surface area contributed by atoms with E-state index in [9.17, 15) is 17.6 Å². The van der Waals surface area contributed by atoms with E-state index in [2.05, 4.69) is 10.0 Å². The van der Waals surface area contributed by atoms with Crippen LogP contribution in [0.4, 0.5) is 10.1 Å². The van der Waals surface area contributed by atoms with Crippen molar-refractivity contribution in [2.75, 3.05) is 5.32 Å². The van der Waals surface area contributed by atoms with Gasteiger partial charge in [0.1, 0.15) is 11.9 Å². The average Bonchev–Trinajstić information content (AvgIpc) is 2.68. The Kier molecular flexibility index (Phi) is 6.64. The number of benzene rings is 3. The number of hydrogen-bond acceptors (Lipinski definition) is 3. The second-order valence-electron chi connectivity index (χ2n) is 6.32. The summed E-state index contributed by atoms with van der Waals surface area (Å²) >= 11 is 5.94. The van der Waals surface area contributed by atoms with Crippen molar-refractivity contribution < 1.29 is 17.6 Å². The Morgan fingerprint density at radius 1 is 0.966 bits per heavy atom. The molecule has 0 fully saturated rings. The van der Waals surface area contributed by atoms with Crippen LogP contribution in [0.3, 0.4) is 0 Å². The van der Waals surface area contributed by atoms with Crippen LogP contribution in [0.1, 0.15) is 5.56 Å². The lowest BCUT2D eigenvalue weighted by Gasteiger charge is -2.19. The number of carbonyl (C=O) groups is 1. The van der Waals surface area contributed by atoms with E-state index in [0.717, 1.165) is 29.8 Å². The highest BCUT2D eigenvalue weighted by Gasteiger charge is 2.26. The Labute approximate surface area is 173 Å². The SMILES string of the molecule is O=C(Nc1cccc(Cl)c1)C(Cc1ccccc1)NS(=O)(=O)c1ccc(F)cc1. The highest BCUT2D eigenvalue weighted by atomic mass is 35.5. The molecular weight excluding hydrogens is 415 g/mol. The molecule has 0 aromatic heterocycles. The Hall–Kier alpha value is -2.74. The highest BCUT2D eigenvalue weighted by Crippen LogP contribution is 2.17. The van der Waals surface area contributed by atoms with Gasteiger partial charge in [-0.1, -0.05) is 48.0 Å². The van der Waals surface area contributed by atoms with E-state index in [0.29, 0.717) is 10.7 Å². The molecular formula is C21H18ClFN2O3S. The van der Waals surface area contributed by atoms with E-state index in [-0.39, 0.29) is 11.3 Å². The number of hydrogen-bond donors (Lipinski definition) is 2. The Balaban J connectivity index is 1.85. The average molecular weight is 433 g/mol. The standard InChI is InChI=1S/C21H18ClFN2O3S/c22-16-7-4-8-18(14-16)24-21(26)20(13-15-5-2-1-3-6-15)25-29(27,28)19-11-9-17(23)10-12-19/h1-12,14,20,25H,13H2,(H,24,26). The summed E-state index contributed by atoms with van der Waals surface area (Å²) in [5.74, 6) is -1.09. The molecule has 3 aromatic carbocycles. The normalized spacial score (nSPS) is 12.3. The number of anilines is 1. The molecule has 1 amide bonds. The largest absolute Gasteiger partial charge is 0.325 e. The van der Waals surface area contributed by atoms with Crippen LogP contribution in [0.25, 0.3) is 0 Å². The molecule has 29 heavy (non-hydrogen) atoms. The molecule has 0 aliphatic carbocycles.